The molecule has 0 atom stereocenters. The van der Waals surface area contributed by atoms with Crippen LogP contribution in [0.4, 0.5) is 5.69 Å². The number of hydrogen-bond acceptors (Lipinski definition) is 3. The summed E-state index contributed by atoms with van der Waals surface area (Å²) >= 11 is 5.96. The molecule has 6 heteroatoms. The van der Waals surface area contributed by atoms with E-state index < -0.39 is 0 Å². The van der Waals surface area contributed by atoms with Crippen molar-refractivity contribution in [2.45, 2.75) is 13.0 Å². The normalized spacial score (nSPS) is 10.2. The molecular formula is C18H19ClN2O3. The average molecular weight is 347 g/mol. The van der Waals surface area contributed by atoms with E-state index in [0.29, 0.717) is 22.9 Å². The Morgan fingerprint density at radius 1 is 1.12 bits per heavy atom. The minimum absolute atomic E-state index is 0.171. The van der Waals surface area contributed by atoms with Crippen LogP contribution in [-0.2, 0) is 16.1 Å². The summed E-state index contributed by atoms with van der Waals surface area (Å²) in [7, 11) is 1.62. The van der Waals surface area contributed by atoms with Crippen LogP contribution in [0.25, 0.3) is 0 Å². The Hall–Kier alpha value is -2.37. The molecule has 2 rings (SSSR count). The van der Waals surface area contributed by atoms with E-state index in [1.54, 1.807) is 37.4 Å². The number of halogens is 1. The van der Waals surface area contributed by atoms with Crippen molar-refractivity contribution in [3.05, 3.63) is 64.7 Å². The maximum absolute atomic E-state index is 12.0. The van der Waals surface area contributed by atoms with Crippen LogP contribution < -0.4 is 10.6 Å². The molecule has 0 aliphatic heterocycles. The number of ether oxygens (including phenoxy) is 1. The molecule has 0 aliphatic carbocycles. The van der Waals surface area contributed by atoms with Gasteiger partial charge in [-0.25, -0.2) is 0 Å². The molecule has 2 amide bonds. The van der Waals surface area contributed by atoms with Gasteiger partial charge in [0.05, 0.1) is 17.2 Å². The van der Waals surface area contributed by atoms with E-state index in [0.717, 1.165) is 5.56 Å². The lowest BCUT2D eigenvalue weighted by molar-refractivity contribution is -0.116. The lowest BCUT2D eigenvalue weighted by atomic mass is 10.2. The number of amides is 2. The largest absolute Gasteiger partial charge is 0.380 e. The molecule has 0 fully saturated rings. The van der Waals surface area contributed by atoms with E-state index in [1.807, 2.05) is 18.2 Å². The monoisotopic (exact) mass is 346 g/mol. The third-order valence-electron chi connectivity index (χ3n) is 3.28. The Labute approximate surface area is 146 Å². The second kappa shape index (κ2) is 9.05. The predicted octanol–water partition coefficient (Wildman–Crippen LogP) is 3.25. The number of nitrogens with one attached hydrogen (secondary N) is 2. The van der Waals surface area contributed by atoms with Crippen molar-refractivity contribution in [1.82, 2.24) is 5.32 Å². The van der Waals surface area contributed by atoms with Crippen molar-refractivity contribution >= 4 is 29.1 Å². The van der Waals surface area contributed by atoms with Gasteiger partial charge in [0.2, 0.25) is 5.91 Å². The molecule has 0 heterocycles. The summed E-state index contributed by atoms with van der Waals surface area (Å²) in [6.45, 7) is 0.714. The Morgan fingerprint density at radius 2 is 1.92 bits per heavy atom. The number of carbonyl (C=O) groups is 2. The first-order valence-corrected chi connectivity index (χ1v) is 7.88. The van der Waals surface area contributed by atoms with E-state index in [1.165, 1.54) is 0 Å². The first-order valence-electron chi connectivity index (χ1n) is 7.50. The smallest absolute Gasteiger partial charge is 0.252 e. The fourth-order valence-electron chi connectivity index (χ4n) is 2.16. The van der Waals surface area contributed by atoms with E-state index in [2.05, 4.69) is 10.6 Å². The molecule has 2 N–H and O–H groups in total. The number of methoxy groups -OCH3 is 1. The second-order valence-electron chi connectivity index (χ2n) is 5.17. The van der Waals surface area contributed by atoms with Crippen LogP contribution in [0.1, 0.15) is 22.3 Å². The number of hydrogen-bond donors (Lipinski definition) is 2. The topological polar surface area (TPSA) is 67.4 Å². The third kappa shape index (κ3) is 5.37. The first kappa shape index (κ1) is 18.0. The predicted molar refractivity (Wildman–Crippen MR) is 94.2 cm³/mol. The number of benzene rings is 2. The number of rotatable bonds is 7. The zero-order valence-corrected chi connectivity index (χ0v) is 14.1. The Bertz CT molecular complexity index is 719. The minimum Gasteiger partial charge on any atom is -0.380 e. The molecule has 2 aromatic carbocycles. The zero-order valence-electron chi connectivity index (χ0n) is 13.3. The highest BCUT2D eigenvalue weighted by molar-refractivity contribution is 6.33. The SMILES string of the molecule is COCc1cccc(NC(=O)CCNC(=O)c2ccccc2Cl)c1. The van der Waals surface area contributed by atoms with Crippen molar-refractivity contribution < 1.29 is 14.3 Å². The lowest BCUT2D eigenvalue weighted by Gasteiger charge is -2.09. The molecule has 5 nitrogen and oxygen atoms in total. The standard InChI is InChI=1S/C18H19ClN2O3/c1-24-12-13-5-4-6-14(11-13)21-17(22)9-10-20-18(23)15-7-2-3-8-16(15)19/h2-8,11H,9-10,12H2,1H3,(H,20,23)(H,21,22). The van der Waals surface area contributed by atoms with E-state index >= 15 is 0 Å². The molecule has 0 radical (unpaired) electrons. The van der Waals surface area contributed by atoms with Crippen LogP contribution in [0.15, 0.2) is 48.5 Å². The Kier molecular flexibility index (Phi) is 6.78. The summed E-state index contributed by atoms with van der Waals surface area (Å²) in [5.41, 5.74) is 2.07. The van der Waals surface area contributed by atoms with Crippen molar-refractivity contribution in [3.63, 3.8) is 0 Å². The maximum atomic E-state index is 12.0. The molecule has 0 bridgehead atoms. The molecule has 0 aromatic heterocycles. The third-order valence-corrected chi connectivity index (χ3v) is 3.61. The van der Waals surface area contributed by atoms with Gasteiger partial charge in [0.15, 0.2) is 0 Å². The molecule has 126 valence electrons. The highest BCUT2D eigenvalue weighted by Gasteiger charge is 2.10. The minimum atomic E-state index is -0.296. The van der Waals surface area contributed by atoms with Gasteiger partial charge in [-0.3, -0.25) is 9.59 Å². The molecule has 0 saturated heterocycles. The summed E-state index contributed by atoms with van der Waals surface area (Å²) in [4.78, 5) is 23.9. The first-order chi connectivity index (χ1) is 11.6. The van der Waals surface area contributed by atoms with E-state index in [9.17, 15) is 9.59 Å². The highest BCUT2D eigenvalue weighted by Crippen LogP contribution is 2.14. The fourth-order valence-corrected chi connectivity index (χ4v) is 2.38. The maximum Gasteiger partial charge on any atom is 0.252 e. The fraction of sp³-hybridized carbons (Fsp3) is 0.222. The molecule has 0 spiro atoms. The van der Waals surface area contributed by atoms with Gasteiger partial charge in [-0.1, -0.05) is 35.9 Å². The van der Waals surface area contributed by atoms with Crippen LogP contribution in [0.2, 0.25) is 5.02 Å². The van der Waals surface area contributed by atoms with Crippen LogP contribution >= 0.6 is 11.6 Å². The van der Waals surface area contributed by atoms with Crippen molar-refractivity contribution in [1.29, 1.82) is 0 Å². The van der Waals surface area contributed by atoms with Crippen molar-refractivity contribution in [2.75, 3.05) is 19.0 Å². The summed E-state index contributed by atoms with van der Waals surface area (Å²) < 4.78 is 5.06. The van der Waals surface area contributed by atoms with Gasteiger partial charge >= 0.3 is 0 Å². The molecular weight excluding hydrogens is 328 g/mol. The summed E-state index contributed by atoms with van der Waals surface area (Å²) in [6, 6.07) is 14.2. The van der Waals surface area contributed by atoms with Crippen LogP contribution in [-0.4, -0.2) is 25.5 Å². The molecule has 24 heavy (non-hydrogen) atoms. The van der Waals surface area contributed by atoms with Crippen molar-refractivity contribution in [3.8, 4) is 0 Å². The summed E-state index contributed by atoms with van der Waals surface area (Å²) in [6.07, 6.45) is 0.171. The second-order valence-corrected chi connectivity index (χ2v) is 5.57. The van der Waals surface area contributed by atoms with Gasteiger partial charge in [0.1, 0.15) is 0 Å². The van der Waals surface area contributed by atoms with Gasteiger partial charge < -0.3 is 15.4 Å². The number of carbonyl (C=O) groups excluding carboxylic acids is 2. The Morgan fingerprint density at radius 3 is 2.67 bits per heavy atom. The Balaban J connectivity index is 1.80. The molecule has 0 saturated carbocycles. The molecule has 0 unspecified atom stereocenters. The quantitative estimate of drug-likeness (QED) is 0.808. The van der Waals surface area contributed by atoms with E-state index in [-0.39, 0.29) is 24.8 Å². The van der Waals surface area contributed by atoms with E-state index in [4.69, 9.17) is 16.3 Å². The van der Waals surface area contributed by atoms with Crippen LogP contribution in [0.5, 0.6) is 0 Å². The van der Waals surface area contributed by atoms with Gasteiger partial charge in [-0.05, 0) is 29.8 Å². The molecule has 2 aromatic rings. The highest BCUT2D eigenvalue weighted by atomic mass is 35.5. The van der Waals surface area contributed by atoms with Gasteiger partial charge in [0, 0.05) is 25.8 Å². The van der Waals surface area contributed by atoms with Crippen molar-refractivity contribution in [2.24, 2.45) is 0 Å². The average Bonchev–Trinajstić information content (AvgIpc) is 2.55. The summed E-state index contributed by atoms with van der Waals surface area (Å²) in [5.74, 6) is -0.473. The van der Waals surface area contributed by atoms with Crippen LogP contribution in [0.3, 0.4) is 0 Å². The van der Waals surface area contributed by atoms with Gasteiger partial charge in [0.25, 0.3) is 5.91 Å². The van der Waals surface area contributed by atoms with Gasteiger partial charge in [-0.2, -0.15) is 0 Å². The van der Waals surface area contributed by atoms with Crippen LogP contribution in [0, 0.1) is 0 Å². The van der Waals surface area contributed by atoms with Gasteiger partial charge in [-0.15, -0.1) is 0 Å². The lowest BCUT2D eigenvalue weighted by Crippen LogP contribution is -2.27. The molecule has 0 aliphatic rings. The zero-order chi connectivity index (χ0) is 17.4. The number of anilines is 1. The summed E-state index contributed by atoms with van der Waals surface area (Å²) in [5, 5.41) is 5.86.